The lowest BCUT2D eigenvalue weighted by Gasteiger charge is -2.39. The third-order valence-corrected chi connectivity index (χ3v) is 8.52. The third-order valence-electron chi connectivity index (χ3n) is 6.20. The number of morpholine rings is 1. The largest absolute Gasteiger partial charge is 0.497 e. The molecule has 0 unspecified atom stereocenters. The van der Waals surface area contributed by atoms with Crippen molar-refractivity contribution in [3.8, 4) is 5.75 Å². The summed E-state index contributed by atoms with van der Waals surface area (Å²) in [5.74, 6) is 0.538. The normalized spacial score (nSPS) is 29.6. The van der Waals surface area contributed by atoms with E-state index >= 15 is 0 Å². The number of ether oxygens (including phenoxy) is 2. The molecule has 30 heavy (non-hydrogen) atoms. The van der Waals surface area contributed by atoms with Crippen molar-refractivity contribution in [3.63, 3.8) is 0 Å². The van der Waals surface area contributed by atoms with Crippen LogP contribution in [0.25, 0.3) is 0 Å². The van der Waals surface area contributed by atoms with Crippen molar-refractivity contribution in [1.29, 1.82) is 0 Å². The first kappa shape index (κ1) is 19.5. The van der Waals surface area contributed by atoms with Gasteiger partial charge in [0, 0.05) is 25.8 Å². The number of hydrogen-bond acceptors (Lipinski definition) is 6. The van der Waals surface area contributed by atoms with Crippen molar-refractivity contribution in [2.24, 2.45) is 0 Å². The number of methoxy groups -OCH3 is 1. The van der Waals surface area contributed by atoms with Gasteiger partial charge in [-0.25, -0.2) is 8.42 Å². The van der Waals surface area contributed by atoms with Crippen LogP contribution in [0.4, 0.5) is 0 Å². The summed E-state index contributed by atoms with van der Waals surface area (Å²) in [7, 11) is -1.94. The average molecular weight is 429 g/mol. The van der Waals surface area contributed by atoms with E-state index in [1.807, 2.05) is 24.3 Å². The quantitative estimate of drug-likeness (QED) is 0.728. The number of pyridine rings is 1. The number of hydrogen-bond donors (Lipinski definition) is 0. The van der Waals surface area contributed by atoms with E-state index in [0.29, 0.717) is 18.7 Å². The first-order valence-electron chi connectivity index (χ1n) is 9.91. The zero-order valence-electron chi connectivity index (χ0n) is 16.6. The van der Waals surface area contributed by atoms with Crippen LogP contribution in [0.5, 0.6) is 5.75 Å². The lowest BCUT2D eigenvalue weighted by Crippen LogP contribution is -2.56. The summed E-state index contributed by atoms with van der Waals surface area (Å²) < 4.78 is 39.5. The van der Waals surface area contributed by atoms with E-state index in [4.69, 9.17) is 9.47 Å². The van der Waals surface area contributed by atoms with Crippen LogP contribution < -0.4 is 4.74 Å². The van der Waals surface area contributed by atoms with Gasteiger partial charge < -0.3 is 14.4 Å². The van der Waals surface area contributed by atoms with Crippen LogP contribution in [0.3, 0.4) is 0 Å². The van der Waals surface area contributed by atoms with Crippen molar-refractivity contribution in [2.45, 2.75) is 29.9 Å². The molecule has 1 spiro atoms. The number of nitrogens with zero attached hydrogens (tertiary/aromatic N) is 3. The standard InChI is InChI=1S/C21H23N3O5S/c1-28-16-7-5-15(6-8-16)11-24-14-21-13-23(20(25)18-4-2-3-9-22-18)12-17(29-21)10-19(21)30(24,26)27/h2-9,17,19H,10-14H2,1H3/t17-,19+,21+/m1/s1. The molecule has 4 heterocycles. The molecule has 158 valence electrons. The molecule has 3 saturated heterocycles. The fraction of sp³-hybridized carbons (Fsp3) is 0.429. The Hall–Kier alpha value is -2.49. The van der Waals surface area contributed by atoms with Gasteiger partial charge in [0.1, 0.15) is 22.3 Å². The van der Waals surface area contributed by atoms with Crippen molar-refractivity contribution in [1.82, 2.24) is 14.2 Å². The number of carbonyl (C=O) groups excluding carboxylic acids is 1. The van der Waals surface area contributed by atoms with Crippen LogP contribution in [-0.2, 0) is 21.3 Å². The molecule has 0 saturated carbocycles. The number of likely N-dealkylation sites (tertiary alicyclic amines) is 1. The van der Waals surface area contributed by atoms with Crippen LogP contribution in [-0.4, -0.2) is 72.2 Å². The van der Waals surface area contributed by atoms with Gasteiger partial charge in [0.25, 0.3) is 5.91 Å². The second-order valence-electron chi connectivity index (χ2n) is 8.09. The molecule has 0 aliphatic carbocycles. The highest BCUT2D eigenvalue weighted by atomic mass is 32.2. The molecule has 2 bridgehead atoms. The zero-order valence-corrected chi connectivity index (χ0v) is 17.4. The maximum Gasteiger partial charge on any atom is 0.272 e. The first-order chi connectivity index (χ1) is 14.4. The molecule has 8 nitrogen and oxygen atoms in total. The van der Waals surface area contributed by atoms with E-state index in [9.17, 15) is 13.2 Å². The maximum absolute atomic E-state index is 13.3. The van der Waals surface area contributed by atoms with Crippen LogP contribution >= 0.6 is 0 Å². The number of sulfonamides is 1. The van der Waals surface area contributed by atoms with E-state index in [1.54, 1.807) is 36.4 Å². The monoisotopic (exact) mass is 429 g/mol. The Morgan fingerprint density at radius 2 is 2.03 bits per heavy atom. The third kappa shape index (κ3) is 3.08. The van der Waals surface area contributed by atoms with E-state index in [0.717, 1.165) is 11.3 Å². The summed E-state index contributed by atoms with van der Waals surface area (Å²) in [6.07, 6.45) is 1.72. The molecule has 1 aromatic carbocycles. The molecule has 0 radical (unpaired) electrons. The highest BCUT2D eigenvalue weighted by Crippen LogP contribution is 2.47. The van der Waals surface area contributed by atoms with Crippen molar-refractivity contribution >= 4 is 15.9 Å². The maximum atomic E-state index is 13.3. The lowest BCUT2D eigenvalue weighted by molar-refractivity contribution is -0.0981. The summed E-state index contributed by atoms with van der Waals surface area (Å²) in [4.78, 5) is 18.8. The topological polar surface area (TPSA) is 89.0 Å². The molecule has 3 fully saturated rings. The summed E-state index contributed by atoms with van der Waals surface area (Å²) in [6, 6.07) is 12.6. The summed E-state index contributed by atoms with van der Waals surface area (Å²) >= 11 is 0. The lowest BCUT2D eigenvalue weighted by atomic mass is 9.99. The number of amides is 1. The average Bonchev–Trinajstić information content (AvgIpc) is 3.13. The van der Waals surface area contributed by atoms with Crippen LogP contribution in [0.1, 0.15) is 22.5 Å². The second-order valence-corrected chi connectivity index (χ2v) is 10.2. The molecular weight excluding hydrogens is 406 g/mol. The summed E-state index contributed by atoms with van der Waals surface area (Å²) in [5, 5.41) is -0.630. The van der Waals surface area contributed by atoms with Gasteiger partial charge in [-0.2, -0.15) is 4.31 Å². The van der Waals surface area contributed by atoms with E-state index in [-0.39, 0.29) is 31.6 Å². The molecule has 0 N–H and O–H groups in total. The molecule has 9 heteroatoms. The highest BCUT2D eigenvalue weighted by Gasteiger charge is 2.65. The van der Waals surface area contributed by atoms with E-state index in [1.165, 1.54) is 4.31 Å². The first-order valence-corrected chi connectivity index (χ1v) is 11.4. The number of fused-ring (bicyclic) bond motifs is 1. The van der Waals surface area contributed by atoms with Crippen molar-refractivity contribution in [3.05, 3.63) is 59.9 Å². The van der Waals surface area contributed by atoms with Crippen molar-refractivity contribution in [2.75, 3.05) is 26.7 Å². The van der Waals surface area contributed by atoms with Crippen molar-refractivity contribution < 1.29 is 22.7 Å². The van der Waals surface area contributed by atoms with Gasteiger partial charge in [-0.3, -0.25) is 9.78 Å². The van der Waals surface area contributed by atoms with Crippen LogP contribution in [0.15, 0.2) is 48.7 Å². The van der Waals surface area contributed by atoms with E-state index in [2.05, 4.69) is 4.98 Å². The Morgan fingerprint density at radius 1 is 1.23 bits per heavy atom. The molecule has 3 aliphatic rings. The number of aromatic nitrogens is 1. The van der Waals surface area contributed by atoms with Gasteiger partial charge in [-0.1, -0.05) is 18.2 Å². The van der Waals surface area contributed by atoms with Gasteiger partial charge in [-0.15, -0.1) is 0 Å². The minimum absolute atomic E-state index is 0.185. The van der Waals surface area contributed by atoms with Crippen LogP contribution in [0, 0.1) is 0 Å². The molecular formula is C21H23N3O5S. The Bertz CT molecular complexity index is 1060. The smallest absolute Gasteiger partial charge is 0.272 e. The zero-order chi connectivity index (χ0) is 20.9. The molecule has 1 aromatic heterocycles. The van der Waals surface area contributed by atoms with Gasteiger partial charge in [0.15, 0.2) is 0 Å². The molecule has 2 aromatic rings. The minimum Gasteiger partial charge on any atom is -0.497 e. The Balaban J connectivity index is 1.39. The van der Waals surface area contributed by atoms with Gasteiger partial charge in [0.2, 0.25) is 10.0 Å². The second kappa shape index (κ2) is 7.04. The molecule has 3 atom stereocenters. The van der Waals surface area contributed by atoms with Gasteiger partial charge in [0.05, 0.1) is 19.8 Å². The number of rotatable bonds is 4. The SMILES string of the molecule is COc1ccc(CN2C[C@@]34CN(C(=O)c5ccccn5)C[C@@H](C[C@@H]3S2(=O)=O)O4)cc1. The Labute approximate surface area is 175 Å². The summed E-state index contributed by atoms with van der Waals surface area (Å²) in [5.41, 5.74) is 0.353. The van der Waals surface area contributed by atoms with Crippen LogP contribution in [0.2, 0.25) is 0 Å². The predicted molar refractivity (Wildman–Crippen MR) is 108 cm³/mol. The predicted octanol–water partition coefficient (Wildman–Crippen LogP) is 1.29. The fourth-order valence-electron chi connectivity index (χ4n) is 4.83. The highest BCUT2D eigenvalue weighted by molar-refractivity contribution is 7.90. The summed E-state index contributed by atoms with van der Waals surface area (Å²) in [6.45, 7) is 1.16. The van der Waals surface area contributed by atoms with E-state index < -0.39 is 20.9 Å². The number of carbonyl (C=O) groups is 1. The Morgan fingerprint density at radius 3 is 2.73 bits per heavy atom. The molecule has 5 rings (SSSR count). The number of benzene rings is 1. The fourth-order valence-corrected chi connectivity index (χ4v) is 7.12. The Kier molecular flexibility index (Phi) is 4.57. The molecule has 1 amide bonds. The minimum atomic E-state index is -3.53. The van der Waals surface area contributed by atoms with Gasteiger partial charge in [-0.05, 0) is 36.2 Å². The molecule has 3 aliphatic heterocycles. The van der Waals surface area contributed by atoms with Gasteiger partial charge >= 0.3 is 0 Å².